The molecule has 0 radical (unpaired) electrons. The number of para-hydroxylation sites is 1. The molecule has 10 nitrogen and oxygen atoms in total. The summed E-state index contributed by atoms with van der Waals surface area (Å²) < 4.78 is 6.80. The first-order valence-corrected chi connectivity index (χ1v) is 11.1. The maximum atomic E-state index is 13.4. The number of pyridine rings is 1. The van der Waals surface area contributed by atoms with Gasteiger partial charge in [0.25, 0.3) is 11.8 Å². The van der Waals surface area contributed by atoms with E-state index in [1.165, 1.54) is 7.11 Å². The minimum atomic E-state index is -1.39. The number of benzene rings is 2. The van der Waals surface area contributed by atoms with E-state index in [0.717, 1.165) is 5.69 Å². The second-order valence-electron chi connectivity index (χ2n) is 8.28. The number of ether oxygens (including phenoxy) is 1. The molecule has 1 aliphatic rings. The maximum Gasteiger partial charge on any atom is 0.344 e. The van der Waals surface area contributed by atoms with Crippen LogP contribution in [-0.4, -0.2) is 44.7 Å². The molecule has 0 bridgehead atoms. The van der Waals surface area contributed by atoms with Crippen LogP contribution in [-0.2, 0) is 10.3 Å². The van der Waals surface area contributed by atoms with Gasteiger partial charge in [0.1, 0.15) is 17.0 Å². The highest BCUT2D eigenvalue weighted by molar-refractivity contribution is 6.10. The van der Waals surface area contributed by atoms with E-state index in [0.29, 0.717) is 27.6 Å². The van der Waals surface area contributed by atoms with Crippen molar-refractivity contribution in [1.82, 2.24) is 30.5 Å². The maximum absolute atomic E-state index is 13.4. The minimum absolute atomic E-state index is 0.169. The van der Waals surface area contributed by atoms with Crippen molar-refractivity contribution in [2.75, 3.05) is 7.11 Å². The second-order valence-corrected chi connectivity index (χ2v) is 8.28. The molecule has 1 fully saturated rings. The van der Waals surface area contributed by atoms with Gasteiger partial charge in [0.05, 0.1) is 18.4 Å². The molecule has 0 spiro atoms. The summed E-state index contributed by atoms with van der Waals surface area (Å²) in [6, 6.07) is 18.8. The number of carbonyl (C=O) groups excluding carboxylic acids is 3. The number of aromatic nitrogens is 3. The lowest BCUT2D eigenvalue weighted by atomic mass is 9.92. The second kappa shape index (κ2) is 8.99. The van der Waals surface area contributed by atoms with Crippen LogP contribution in [0, 0.1) is 0 Å². The van der Waals surface area contributed by atoms with Crippen LogP contribution >= 0.6 is 0 Å². The molecule has 4 aromatic rings. The topological polar surface area (TPSA) is 118 Å². The largest absolute Gasteiger partial charge is 0.497 e. The van der Waals surface area contributed by atoms with Gasteiger partial charge in [-0.3, -0.25) is 20.0 Å². The lowest BCUT2D eigenvalue weighted by Crippen LogP contribution is -2.48. The zero-order chi connectivity index (χ0) is 25.3. The van der Waals surface area contributed by atoms with Crippen LogP contribution in [0.3, 0.4) is 0 Å². The predicted molar refractivity (Wildman–Crippen MR) is 130 cm³/mol. The van der Waals surface area contributed by atoms with Crippen LogP contribution in [0.1, 0.15) is 22.8 Å². The highest BCUT2D eigenvalue weighted by Gasteiger charge is 2.50. The van der Waals surface area contributed by atoms with Crippen molar-refractivity contribution < 1.29 is 19.1 Å². The smallest absolute Gasteiger partial charge is 0.344 e. The number of imide groups is 1. The van der Waals surface area contributed by atoms with E-state index in [9.17, 15) is 14.4 Å². The molecule has 2 aromatic heterocycles. The van der Waals surface area contributed by atoms with Gasteiger partial charge in [-0.2, -0.15) is 10.1 Å². The van der Waals surface area contributed by atoms with Crippen molar-refractivity contribution in [1.29, 1.82) is 0 Å². The van der Waals surface area contributed by atoms with Gasteiger partial charge in [-0.15, -0.1) is 0 Å². The van der Waals surface area contributed by atoms with Crippen LogP contribution in [0.4, 0.5) is 4.79 Å². The summed E-state index contributed by atoms with van der Waals surface area (Å²) in [7, 11) is 1.51. The Morgan fingerprint density at radius 3 is 2.58 bits per heavy atom. The molecule has 1 aliphatic heterocycles. The summed E-state index contributed by atoms with van der Waals surface area (Å²) in [4.78, 5) is 43.7. The average molecular weight is 483 g/mol. The molecule has 2 aromatic carbocycles. The van der Waals surface area contributed by atoms with Crippen LogP contribution in [0.2, 0.25) is 0 Å². The van der Waals surface area contributed by atoms with Crippen LogP contribution in [0.25, 0.3) is 16.9 Å². The van der Waals surface area contributed by atoms with Crippen LogP contribution in [0.5, 0.6) is 5.75 Å². The van der Waals surface area contributed by atoms with Crippen molar-refractivity contribution in [3.8, 4) is 22.7 Å². The molecular weight excluding hydrogens is 460 g/mol. The number of urea groups is 1. The van der Waals surface area contributed by atoms with Crippen molar-refractivity contribution in [3.63, 3.8) is 0 Å². The molecule has 2 N–H and O–H groups in total. The number of hydrazine groups is 1. The third-order valence-electron chi connectivity index (χ3n) is 5.97. The summed E-state index contributed by atoms with van der Waals surface area (Å²) in [5.41, 5.74) is 3.45. The zero-order valence-electron chi connectivity index (χ0n) is 19.5. The minimum Gasteiger partial charge on any atom is -0.497 e. The molecule has 3 heterocycles. The summed E-state index contributed by atoms with van der Waals surface area (Å²) >= 11 is 0. The Kier molecular flexibility index (Phi) is 5.69. The quantitative estimate of drug-likeness (QED) is 0.408. The van der Waals surface area contributed by atoms with Crippen molar-refractivity contribution in [2.45, 2.75) is 12.5 Å². The summed E-state index contributed by atoms with van der Waals surface area (Å²) in [6.07, 6.45) is 4.75. The Morgan fingerprint density at radius 2 is 1.86 bits per heavy atom. The molecule has 36 heavy (non-hydrogen) atoms. The van der Waals surface area contributed by atoms with Gasteiger partial charge in [0, 0.05) is 24.2 Å². The molecule has 4 amide bonds. The zero-order valence-corrected chi connectivity index (χ0v) is 19.5. The third-order valence-corrected chi connectivity index (χ3v) is 5.97. The Balaban J connectivity index is 1.47. The summed E-state index contributed by atoms with van der Waals surface area (Å²) in [5, 5.41) is 7.94. The molecular formula is C26H22N6O4. The fraction of sp³-hybridized carbons (Fsp3) is 0.115. The van der Waals surface area contributed by atoms with E-state index in [1.54, 1.807) is 66.6 Å². The van der Waals surface area contributed by atoms with Crippen LogP contribution in [0.15, 0.2) is 85.3 Å². The van der Waals surface area contributed by atoms with Gasteiger partial charge in [0.2, 0.25) is 0 Å². The Labute approximate surface area is 206 Å². The Morgan fingerprint density at radius 1 is 1.06 bits per heavy atom. The molecule has 180 valence electrons. The first-order valence-electron chi connectivity index (χ1n) is 11.1. The highest BCUT2D eigenvalue weighted by Crippen LogP contribution is 2.30. The number of amides is 4. The monoisotopic (exact) mass is 482 g/mol. The van der Waals surface area contributed by atoms with Gasteiger partial charge < -0.3 is 10.1 Å². The third kappa shape index (κ3) is 3.94. The lowest BCUT2D eigenvalue weighted by Gasteiger charge is -2.22. The van der Waals surface area contributed by atoms with Crippen molar-refractivity contribution >= 4 is 17.8 Å². The molecule has 5 rings (SSSR count). The number of methoxy groups -OCH3 is 1. The summed E-state index contributed by atoms with van der Waals surface area (Å²) in [5.74, 6) is -0.769. The van der Waals surface area contributed by atoms with Gasteiger partial charge in [-0.25, -0.2) is 9.48 Å². The molecule has 0 aliphatic carbocycles. The Bertz CT molecular complexity index is 1450. The normalized spacial score (nSPS) is 17.1. The number of nitrogens with zero attached hydrogens (tertiary/aromatic N) is 4. The van der Waals surface area contributed by atoms with Gasteiger partial charge in [-0.1, -0.05) is 30.3 Å². The summed E-state index contributed by atoms with van der Waals surface area (Å²) in [6.45, 7) is 1.57. The van der Waals surface area contributed by atoms with E-state index in [-0.39, 0.29) is 5.56 Å². The average Bonchev–Trinajstić information content (AvgIpc) is 3.46. The fourth-order valence-electron chi connectivity index (χ4n) is 4.00. The molecule has 1 atom stereocenters. The predicted octanol–water partition coefficient (Wildman–Crippen LogP) is 3.05. The first-order chi connectivity index (χ1) is 17.4. The van der Waals surface area contributed by atoms with Gasteiger partial charge >= 0.3 is 6.03 Å². The van der Waals surface area contributed by atoms with Gasteiger partial charge in [-0.05, 0) is 48.9 Å². The standard InChI is InChI=1S/C26H22N6O4/c1-26(18-9-6-12-20(14-18)36-2)24(34)32(25(35)28-26)30-23(33)21-16-31(19-10-4-3-5-11-19)29-22(21)17-8-7-13-27-15-17/h3-16H,1-2H3,(H,28,35)(H,30,33)/t26-/m0/s1. The number of carbonyl (C=O) groups is 3. The Hall–Kier alpha value is -4.99. The number of nitrogens with one attached hydrogen (secondary N) is 2. The van der Waals surface area contributed by atoms with E-state index in [2.05, 4.69) is 20.8 Å². The molecule has 0 saturated carbocycles. The van der Waals surface area contributed by atoms with Crippen molar-refractivity contribution in [2.24, 2.45) is 0 Å². The van der Waals surface area contributed by atoms with E-state index >= 15 is 0 Å². The molecule has 10 heteroatoms. The van der Waals surface area contributed by atoms with Crippen LogP contribution < -0.4 is 15.5 Å². The molecule has 0 unspecified atom stereocenters. The van der Waals surface area contributed by atoms with E-state index in [4.69, 9.17) is 4.74 Å². The number of hydrogen-bond donors (Lipinski definition) is 2. The lowest BCUT2D eigenvalue weighted by molar-refractivity contribution is -0.132. The number of rotatable bonds is 6. The van der Waals surface area contributed by atoms with Gasteiger partial charge in [0.15, 0.2) is 0 Å². The fourth-order valence-corrected chi connectivity index (χ4v) is 4.00. The van der Waals surface area contributed by atoms with Crippen molar-refractivity contribution in [3.05, 3.63) is 96.4 Å². The molecule has 1 saturated heterocycles. The van der Waals surface area contributed by atoms with E-state index < -0.39 is 23.4 Å². The highest BCUT2D eigenvalue weighted by atomic mass is 16.5. The van der Waals surface area contributed by atoms with E-state index in [1.807, 2.05) is 30.3 Å². The SMILES string of the molecule is COc1cccc([C@]2(C)NC(=O)N(NC(=O)c3cn(-c4ccccc4)nc3-c3cccnc3)C2=O)c1. The number of hydrogen-bond acceptors (Lipinski definition) is 6. The first kappa shape index (κ1) is 22.8.